The number of nitrogens with one attached hydrogen (secondary N) is 1. The summed E-state index contributed by atoms with van der Waals surface area (Å²) in [6.45, 7) is 4.30. The normalized spacial score (nSPS) is 15.0. The SMILES string of the molecule is Cc1cc(OCCCS(C)(=O)=O)cc(C)c1-c1ccc(F)c(C2CCc3cc(CCC(=O)O)ccc3N2)c1. The lowest BCUT2D eigenvalue weighted by Gasteiger charge is -2.28. The Hall–Kier alpha value is -3.39. The van der Waals surface area contributed by atoms with Crippen LogP contribution >= 0.6 is 0 Å². The van der Waals surface area contributed by atoms with Gasteiger partial charge >= 0.3 is 5.97 Å². The summed E-state index contributed by atoms with van der Waals surface area (Å²) in [7, 11) is -3.01. The zero-order chi connectivity index (χ0) is 27.4. The van der Waals surface area contributed by atoms with Gasteiger partial charge in [0, 0.05) is 23.9 Å². The molecule has 0 saturated heterocycles. The predicted molar refractivity (Wildman–Crippen MR) is 148 cm³/mol. The van der Waals surface area contributed by atoms with E-state index in [9.17, 15) is 13.2 Å². The third kappa shape index (κ3) is 6.92. The van der Waals surface area contributed by atoms with Gasteiger partial charge in [-0.05, 0) is 103 Å². The molecule has 6 nitrogen and oxygen atoms in total. The number of hydrogen-bond donors (Lipinski definition) is 2. The van der Waals surface area contributed by atoms with Crippen molar-refractivity contribution in [2.75, 3.05) is 23.9 Å². The number of carbonyl (C=O) groups is 1. The molecule has 0 fully saturated rings. The fourth-order valence-corrected chi connectivity index (χ4v) is 5.78. The summed E-state index contributed by atoms with van der Waals surface area (Å²) in [5.41, 5.74) is 7.63. The first-order valence-electron chi connectivity index (χ1n) is 12.8. The van der Waals surface area contributed by atoms with E-state index in [1.54, 1.807) is 6.07 Å². The van der Waals surface area contributed by atoms with Crippen LogP contribution in [-0.4, -0.2) is 38.1 Å². The Bertz CT molecular complexity index is 1430. The first-order valence-corrected chi connectivity index (χ1v) is 14.9. The van der Waals surface area contributed by atoms with Gasteiger partial charge in [-0.3, -0.25) is 4.79 Å². The van der Waals surface area contributed by atoms with Gasteiger partial charge in [-0.25, -0.2) is 12.8 Å². The van der Waals surface area contributed by atoms with Crippen molar-refractivity contribution in [3.63, 3.8) is 0 Å². The number of sulfone groups is 1. The maximum Gasteiger partial charge on any atom is 0.303 e. The van der Waals surface area contributed by atoms with E-state index in [4.69, 9.17) is 9.84 Å². The lowest BCUT2D eigenvalue weighted by molar-refractivity contribution is -0.136. The number of benzene rings is 3. The first kappa shape index (κ1) is 27.6. The molecule has 1 heterocycles. The fourth-order valence-electron chi connectivity index (χ4n) is 5.13. The van der Waals surface area contributed by atoms with E-state index in [1.165, 1.54) is 12.3 Å². The van der Waals surface area contributed by atoms with Crippen molar-refractivity contribution in [1.29, 1.82) is 0 Å². The Balaban J connectivity index is 1.51. The summed E-state index contributed by atoms with van der Waals surface area (Å²) < 4.78 is 43.5. The molecule has 1 unspecified atom stereocenters. The largest absolute Gasteiger partial charge is 0.494 e. The lowest BCUT2D eigenvalue weighted by atomic mass is 9.89. The average Bonchev–Trinajstić information content (AvgIpc) is 2.85. The zero-order valence-corrected chi connectivity index (χ0v) is 22.8. The molecule has 0 saturated carbocycles. The topological polar surface area (TPSA) is 92.7 Å². The monoisotopic (exact) mass is 539 g/mol. The minimum atomic E-state index is -3.01. The molecule has 0 aliphatic carbocycles. The van der Waals surface area contributed by atoms with E-state index in [2.05, 4.69) is 5.32 Å². The molecule has 0 radical (unpaired) electrons. The van der Waals surface area contributed by atoms with Gasteiger partial charge in [0.1, 0.15) is 21.4 Å². The van der Waals surface area contributed by atoms with Crippen LogP contribution in [0.15, 0.2) is 48.5 Å². The van der Waals surface area contributed by atoms with E-state index < -0.39 is 15.8 Å². The van der Waals surface area contributed by atoms with E-state index in [0.29, 0.717) is 30.8 Å². The molecule has 1 aliphatic rings. The Labute approximate surface area is 223 Å². The van der Waals surface area contributed by atoms with Crippen LogP contribution in [0.4, 0.5) is 10.1 Å². The van der Waals surface area contributed by atoms with Crippen molar-refractivity contribution in [3.05, 3.63) is 82.2 Å². The average molecular weight is 540 g/mol. The van der Waals surface area contributed by atoms with Gasteiger partial charge in [0.2, 0.25) is 0 Å². The second-order valence-electron chi connectivity index (χ2n) is 10.1. The minimum absolute atomic E-state index is 0.0902. The molecule has 1 aliphatic heterocycles. The molecule has 3 aromatic rings. The molecule has 0 bridgehead atoms. The molecule has 1 atom stereocenters. The van der Waals surface area contributed by atoms with Gasteiger partial charge in [0.05, 0.1) is 18.4 Å². The highest BCUT2D eigenvalue weighted by molar-refractivity contribution is 7.90. The number of halogens is 1. The molecule has 0 aromatic heterocycles. The van der Waals surface area contributed by atoms with Crippen LogP contribution in [0.2, 0.25) is 0 Å². The van der Waals surface area contributed by atoms with Crippen LogP contribution in [0, 0.1) is 19.7 Å². The van der Waals surface area contributed by atoms with Crippen molar-refractivity contribution in [1.82, 2.24) is 0 Å². The predicted octanol–water partition coefficient (Wildman–Crippen LogP) is 6.04. The highest BCUT2D eigenvalue weighted by atomic mass is 32.2. The standard InChI is InChI=1S/C30H34FNO5S/c1-19-15-24(37-13-4-14-38(3,35)36)16-20(2)30(19)23-7-9-26(31)25(18-23)28-11-8-22-17-21(6-12-29(33)34)5-10-27(22)32-28/h5,7,9-10,15-18,28,32H,4,6,8,11-14H2,1-3H3,(H,33,34). The number of fused-ring (bicyclic) bond motifs is 1. The summed E-state index contributed by atoms with van der Waals surface area (Å²) >= 11 is 0. The van der Waals surface area contributed by atoms with Gasteiger partial charge in [-0.15, -0.1) is 0 Å². The molecule has 2 N–H and O–H groups in total. The lowest BCUT2D eigenvalue weighted by Crippen LogP contribution is -2.19. The van der Waals surface area contributed by atoms with Gasteiger partial charge in [0.15, 0.2) is 0 Å². The fraction of sp³-hybridized carbons (Fsp3) is 0.367. The van der Waals surface area contributed by atoms with Crippen molar-refractivity contribution in [2.45, 2.75) is 52.0 Å². The van der Waals surface area contributed by atoms with Gasteiger partial charge in [-0.1, -0.05) is 18.2 Å². The number of rotatable bonds is 10. The third-order valence-electron chi connectivity index (χ3n) is 6.92. The number of anilines is 1. The van der Waals surface area contributed by atoms with Crippen LogP contribution < -0.4 is 10.1 Å². The van der Waals surface area contributed by atoms with Crippen molar-refractivity contribution in [2.24, 2.45) is 0 Å². The smallest absolute Gasteiger partial charge is 0.303 e. The zero-order valence-electron chi connectivity index (χ0n) is 22.0. The Kier molecular flexibility index (Phi) is 8.41. The molecular weight excluding hydrogens is 505 g/mol. The van der Waals surface area contributed by atoms with Crippen molar-refractivity contribution >= 4 is 21.5 Å². The maximum absolute atomic E-state index is 15.0. The second kappa shape index (κ2) is 11.6. The highest BCUT2D eigenvalue weighted by Gasteiger charge is 2.23. The second-order valence-corrected chi connectivity index (χ2v) is 12.4. The van der Waals surface area contributed by atoms with Crippen LogP contribution in [-0.2, 0) is 27.5 Å². The van der Waals surface area contributed by atoms with Gasteiger partial charge in [-0.2, -0.15) is 0 Å². The van der Waals surface area contributed by atoms with E-state index in [1.807, 2.05) is 50.2 Å². The Morgan fingerprint density at radius 3 is 2.53 bits per heavy atom. The number of aliphatic carboxylic acids is 1. The molecule has 38 heavy (non-hydrogen) atoms. The van der Waals surface area contributed by atoms with Crippen LogP contribution in [0.3, 0.4) is 0 Å². The molecule has 4 rings (SSSR count). The van der Waals surface area contributed by atoms with Gasteiger partial charge < -0.3 is 15.2 Å². The number of ether oxygens (including phenoxy) is 1. The molecule has 8 heteroatoms. The Morgan fingerprint density at radius 1 is 1.11 bits per heavy atom. The molecule has 3 aromatic carbocycles. The van der Waals surface area contributed by atoms with Crippen LogP contribution in [0.25, 0.3) is 11.1 Å². The summed E-state index contributed by atoms with van der Waals surface area (Å²) in [4.78, 5) is 10.9. The molecule has 202 valence electrons. The summed E-state index contributed by atoms with van der Waals surface area (Å²) in [6.07, 6.45) is 3.75. The van der Waals surface area contributed by atoms with Gasteiger partial charge in [0.25, 0.3) is 0 Å². The summed E-state index contributed by atoms with van der Waals surface area (Å²) in [6, 6.07) is 14.9. The van der Waals surface area contributed by atoms with E-state index in [-0.39, 0.29) is 24.0 Å². The molecule has 0 spiro atoms. The minimum Gasteiger partial charge on any atom is -0.494 e. The quantitative estimate of drug-likeness (QED) is 0.305. The first-order chi connectivity index (χ1) is 18.0. The number of aryl methyl sites for hydroxylation is 4. The number of carboxylic acid groups (broad SMARTS) is 1. The van der Waals surface area contributed by atoms with Crippen molar-refractivity contribution < 1.29 is 27.4 Å². The highest BCUT2D eigenvalue weighted by Crippen LogP contribution is 2.38. The number of carboxylic acids is 1. The maximum atomic E-state index is 15.0. The van der Waals surface area contributed by atoms with E-state index >= 15 is 4.39 Å². The summed E-state index contributed by atoms with van der Waals surface area (Å²) in [5, 5.41) is 12.4. The van der Waals surface area contributed by atoms with Crippen LogP contribution in [0.5, 0.6) is 5.75 Å². The molecular formula is C30H34FNO5S. The van der Waals surface area contributed by atoms with E-state index in [0.717, 1.165) is 51.9 Å². The van der Waals surface area contributed by atoms with Crippen LogP contribution in [0.1, 0.15) is 53.1 Å². The third-order valence-corrected chi connectivity index (χ3v) is 7.95. The molecule has 0 amide bonds. The van der Waals surface area contributed by atoms with Crippen molar-refractivity contribution in [3.8, 4) is 16.9 Å². The Morgan fingerprint density at radius 2 is 1.84 bits per heavy atom. The summed E-state index contributed by atoms with van der Waals surface area (Å²) in [5.74, 6) is -0.289. The number of hydrogen-bond acceptors (Lipinski definition) is 5.